The summed E-state index contributed by atoms with van der Waals surface area (Å²) >= 11 is 0. The quantitative estimate of drug-likeness (QED) is 0.552. The molecule has 5 rings (SSSR count). The molecule has 108 valence electrons. The van der Waals surface area contributed by atoms with Gasteiger partial charge in [-0.05, 0) is 24.1 Å². The fourth-order valence-electron chi connectivity index (χ4n) is 3.69. The van der Waals surface area contributed by atoms with Crippen LogP contribution in [0.15, 0.2) is 59.2 Å². The van der Waals surface area contributed by atoms with E-state index in [4.69, 9.17) is 4.42 Å². The Kier molecular flexibility index (Phi) is 2.46. The van der Waals surface area contributed by atoms with Gasteiger partial charge in [-0.1, -0.05) is 36.4 Å². The van der Waals surface area contributed by atoms with E-state index >= 15 is 0 Å². The molecule has 0 amide bonds. The van der Waals surface area contributed by atoms with Crippen molar-refractivity contribution in [2.24, 2.45) is 0 Å². The van der Waals surface area contributed by atoms with Crippen LogP contribution in [0.5, 0.6) is 0 Å². The predicted octanol–water partition coefficient (Wildman–Crippen LogP) is 4.15. The molecule has 2 aromatic carbocycles. The molecule has 0 aliphatic carbocycles. The molecule has 0 saturated carbocycles. The number of para-hydroxylation sites is 2. The number of hydrogen-bond donors (Lipinski definition) is 2. The van der Waals surface area contributed by atoms with E-state index in [-0.39, 0.29) is 6.04 Å². The minimum absolute atomic E-state index is 0.158. The number of H-pyrrole nitrogens is 1. The summed E-state index contributed by atoms with van der Waals surface area (Å²) in [5.74, 6) is 0. The SMILES string of the molecule is c1cc(C2NCCc3c2[nH]c2ccccc32)c2occc2c1. The highest BCUT2D eigenvalue weighted by atomic mass is 16.3. The highest BCUT2D eigenvalue weighted by Crippen LogP contribution is 2.36. The fourth-order valence-corrected chi connectivity index (χ4v) is 3.69. The number of nitrogens with one attached hydrogen (secondary N) is 2. The van der Waals surface area contributed by atoms with Crippen molar-refractivity contribution in [2.45, 2.75) is 12.5 Å². The van der Waals surface area contributed by atoms with E-state index in [0.29, 0.717) is 0 Å². The molecular formula is C19H16N2O. The molecule has 0 radical (unpaired) electrons. The van der Waals surface area contributed by atoms with E-state index in [0.717, 1.165) is 23.9 Å². The second-order valence-corrected chi connectivity index (χ2v) is 5.89. The molecule has 0 fully saturated rings. The van der Waals surface area contributed by atoms with E-state index in [2.05, 4.69) is 52.8 Å². The van der Waals surface area contributed by atoms with Crippen molar-refractivity contribution < 1.29 is 4.42 Å². The Hall–Kier alpha value is -2.52. The Morgan fingerprint density at radius 1 is 1.00 bits per heavy atom. The standard InChI is InChI=1S/C19H16N2O/c1-2-7-16-13(5-1)14-8-10-20-17(18(14)21-16)15-6-3-4-12-9-11-22-19(12)15/h1-7,9,11,17,20-21H,8,10H2. The van der Waals surface area contributed by atoms with Gasteiger partial charge in [0.15, 0.2) is 0 Å². The maximum absolute atomic E-state index is 5.74. The number of aromatic nitrogens is 1. The molecule has 22 heavy (non-hydrogen) atoms. The van der Waals surface area contributed by atoms with Crippen molar-refractivity contribution in [3.63, 3.8) is 0 Å². The third kappa shape index (κ3) is 1.60. The van der Waals surface area contributed by atoms with Gasteiger partial charge in [-0.15, -0.1) is 0 Å². The van der Waals surface area contributed by atoms with Crippen LogP contribution in [0.3, 0.4) is 0 Å². The number of aromatic amines is 1. The molecule has 2 N–H and O–H groups in total. The summed E-state index contributed by atoms with van der Waals surface area (Å²) in [6.07, 6.45) is 2.83. The largest absolute Gasteiger partial charge is 0.464 e. The molecule has 1 unspecified atom stereocenters. The average Bonchev–Trinajstić information content (AvgIpc) is 3.18. The van der Waals surface area contributed by atoms with Crippen molar-refractivity contribution in [3.05, 3.63) is 71.6 Å². The van der Waals surface area contributed by atoms with Crippen LogP contribution in [0.2, 0.25) is 0 Å². The number of rotatable bonds is 1. The van der Waals surface area contributed by atoms with Gasteiger partial charge in [0.25, 0.3) is 0 Å². The van der Waals surface area contributed by atoms with Crippen LogP contribution in [0.25, 0.3) is 21.9 Å². The summed E-state index contributed by atoms with van der Waals surface area (Å²) < 4.78 is 5.74. The van der Waals surface area contributed by atoms with Gasteiger partial charge in [0.1, 0.15) is 5.58 Å². The normalized spacial score (nSPS) is 17.9. The number of fused-ring (bicyclic) bond motifs is 4. The average molecular weight is 288 g/mol. The molecule has 4 aromatic rings. The minimum Gasteiger partial charge on any atom is -0.464 e. The molecule has 0 bridgehead atoms. The summed E-state index contributed by atoms with van der Waals surface area (Å²) in [5, 5.41) is 6.14. The Bertz CT molecular complexity index is 979. The van der Waals surface area contributed by atoms with Gasteiger partial charge in [-0.25, -0.2) is 0 Å². The lowest BCUT2D eigenvalue weighted by Crippen LogP contribution is -2.30. The predicted molar refractivity (Wildman–Crippen MR) is 88.1 cm³/mol. The zero-order chi connectivity index (χ0) is 14.5. The summed E-state index contributed by atoms with van der Waals surface area (Å²) in [7, 11) is 0. The second-order valence-electron chi connectivity index (χ2n) is 5.89. The molecule has 3 heterocycles. The molecule has 0 saturated heterocycles. The molecule has 2 aromatic heterocycles. The second kappa shape index (κ2) is 4.49. The van der Waals surface area contributed by atoms with Crippen LogP contribution in [0.4, 0.5) is 0 Å². The first-order valence-corrected chi connectivity index (χ1v) is 7.71. The first-order chi connectivity index (χ1) is 10.9. The van der Waals surface area contributed by atoms with E-state index in [9.17, 15) is 0 Å². The highest BCUT2D eigenvalue weighted by molar-refractivity contribution is 5.86. The monoisotopic (exact) mass is 288 g/mol. The molecule has 3 nitrogen and oxygen atoms in total. The third-order valence-electron chi connectivity index (χ3n) is 4.68. The van der Waals surface area contributed by atoms with Crippen molar-refractivity contribution >= 4 is 21.9 Å². The Morgan fingerprint density at radius 2 is 1.95 bits per heavy atom. The third-order valence-corrected chi connectivity index (χ3v) is 4.68. The highest BCUT2D eigenvalue weighted by Gasteiger charge is 2.26. The van der Waals surface area contributed by atoms with Crippen LogP contribution in [-0.2, 0) is 6.42 Å². The topological polar surface area (TPSA) is 41.0 Å². The van der Waals surface area contributed by atoms with Gasteiger partial charge in [-0.2, -0.15) is 0 Å². The lowest BCUT2D eigenvalue weighted by molar-refractivity contribution is 0.547. The summed E-state index contributed by atoms with van der Waals surface area (Å²) in [6.45, 7) is 0.983. The maximum atomic E-state index is 5.74. The Morgan fingerprint density at radius 3 is 2.95 bits per heavy atom. The number of benzene rings is 2. The van der Waals surface area contributed by atoms with Crippen LogP contribution in [-0.4, -0.2) is 11.5 Å². The van der Waals surface area contributed by atoms with Crippen LogP contribution >= 0.6 is 0 Å². The van der Waals surface area contributed by atoms with Gasteiger partial charge in [-0.3, -0.25) is 0 Å². The minimum atomic E-state index is 0.158. The first-order valence-electron chi connectivity index (χ1n) is 7.71. The van der Waals surface area contributed by atoms with E-state index in [1.54, 1.807) is 6.26 Å². The molecule has 1 aliphatic heterocycles. The lowest BCUT2D eigenvalue weighted by Gasteiger charge is -2.24. The van der Waals surface area contributed by atoms with Crippen molar-refractivity contribution in [1.82, 2.24) is 10.3 Å². The zero-order valence-electron chi connectivity index (χ0n) is 12.1. The molecule has 1 aliphatic rings. The van der Waals surface area contributed by atoms with Crippen LogP contribution in [0, 0.1) is 0 Å². The summed E-state index contributed by atoms with van der Waals surface area (Å²) in [4.78, 5) is 3.62. The van der Waals surface area contributed by atoms with Crippen LogP contribution < -0.4 is 5.32 Å². The van der Waals surface area contributed by atoms with Crippen LogP contribution in [0.1, 0.15) is 22.9 Å². The first kappa shape index (κ1) is 12.1. The molecule has 0 spiro atoms. The lowest BCUT2D eigenvalue weighted by atomic mass is 9.93. The number of furan rings is 1. The van der Waals surface area contributed by atoms with E-state index in [1.807, 2.05) is 6.07 Å². The van der Waals surface area contributed by atoms with Gasteiger partial charge < -0.3 is 14.7 Å². The molecular weight excluding hydrogens is 272 g/mol. The Labute approximate surface area is 127 Å². The van der Waals surface area contributed by atoms with Gasteiger partial charge in [0, 0.05) is 34.1 Å². The summed E-state index contributed by atoms with van der Waals surface area (Å²) in [6, 6.07) is 17.1. The van der Waals surface area contributed by atoms with Gasteiger partial charge in [0.2, 0.25) is 0 Å². The van der Waals surface area contributed by atoms with Gasteiger partial charge >= 0.3 is 0 Å². The van der Waals surface area contributed by atoms with E-state index in [1.165, 1.54) is 27.7 Å². The molecule has 3 heteroatoms. The summed E-state index contributed by atoms with van der Waals surface area (Å²) in [5.41, 5.74) is 6.11. The van der Waals surface area contributed by atoms with Crippen molar-refractivity contribution in [3.8, 4) is 0 Å². The van der Waals surface area contributed by atoms with Crippen molar-refractivity contribution in [2.75, 3.05) is 6.54 Å². The van der Waals surface area contributed by atoms with E-state index < -0.39 is 0 Å². The van der Waals surface area contributed by atoms with Crippen molar-refractivity contribution in [1.29, 1.82) is 0 Å². The fraction of sp³-hybridized carbons (Fsp3) is 0.158. The zero-order valence-corrected chi connectivity index (χ0v) is 12.1. The maximum Gasteiger partial charge on any atom is 0.139 e. The molecule has 1 atom stereocenters. The van der Waals surface area contributed by atoms with Gasteiger partial charge in [0.05, 0.1) is 12.3 Å². The smallest absolute Gasteiger partial charge is 0.139 e. The Balaban J connectivity index is 1.77. The number of hydrogen-bond acceptors (Lipinski definition) is 2.